The molecule has 0 saturated heterocycles. The van der Waals surface area contributed by atoms with Crippen LogP contribution in [0.15, 0.2) is 49.1 Å². The van der Waals surface area contributed by atoms with Crippen LogP contribution in [-0.2, 0) is 6.54 Å². The van der Waals surface area contributed by atoms with Gasteiger partial charge in [0.1, 0.15) is 0 Å². The summed E-state index contributed by atoms with van der Waals surface area (Å²) in [5.41, 5.74) is 1.30. The van der Waals surface area contributed by atoms with Crippen molar-refractivity contribution in [3.8, 4) is 0 Å². The van der Waals surface area contributed by atoms with E-state index >= 15 is 0 Å². The zero-order valence-electron chi connectivity index (χ0n) is 11.5. The Bertz CT molecular complexity index is 336. The summed E-state index contributed by atoms with van der Waals surface area (Å²) in [6.45, 7) is 4.90. The van der Waals surface area contributed by atoms with Gasteiger partial charge in [-0.15, -0.1) is 0 Å². The highest BCUT2D eigenvalue weighted by Crippen LogP contribution is 2.00. The van der Waals surface area contributed by atoms with Crippen molar-refractivity contribution in [3.63, 3.8) is 0 Å². The number of aromatic nitrogens is 2. The first-order chi connectivity index (χ1) is 8.95. The van der Waals surface area contributed by atoms with Gasteiger partial charge >= 0.3 is 0 Å². The number of imidazole rings is 1. The van der Waals surface area contributed by atoms with E-state index in [2.05, 4.69) is 37.6 Å². The van der Waals surface area contributed by atoms with Gasteiger partial charge in [0.2, 0.25) is 0 Å². The molecule has 102 valence electrons. The average molecular weight is 317 g/mol. The van der Waals surface area contributed by atoms with Gasteiger partial charge in [0.05, 0.1) is 13.5 Å². The first-order valence-electron chi connectivity index (χ1n) is 5.70. The number of hydrogen-bond acceptors (Lipinski definition) is 1. The highest BCUT2D eigenvalue weighted by atomic mass is 79.9. The number of hydrogen-bond donors (Lipinski definition) is 0. The number of halogens is 2. The van der Waals surface area contributed by atoms with Gasteiger partial charge in [-0.05, 0) is 11.4 Å². The van der Waals surface area contributed by atoms with Gasteiger partial charge < -0.3 is 4.57 Å². The molecule has 0 aliphatic heterocycles. The van der Waals surface area contributed by atoms with Gasteiger partial charge in [0, 0.05) is 18.9 Å². The van der Waals surface area contributed by atoms with Gasteiger partial charge in [0.15, 0.2) is 0 Å². The second-order valence-corrected chi connectivity index (χ2v) is 2.72. The Morgan fingerprint density at radius 1 is 1.11 bits per heavy atom. The van der Waals surface area contributed by atoms with Crippen molar-refractivity contribution in [2.45, 2.75) is 20.4 Å². The van der Waals surface area contributed by atoms with E-state index in [0.29, 0.717) is 7.18 Å². The zero-order chi connectivity index (χ0) is 14.2. The van der Waals surface area contributed by atoms with E-state index in [9.17, 15) is 4.39 Å². The van der Waals surface area contributed by atoms with E-state index in [1.165, 1.54) is 5.56 Å². The smallest absolute Gasteiger partial charge is 0.0949 e. The van der Waals surface area contributed by atoms with Crippen LogP contribution in [0.25, 0.3) is 0 Å². The van der Waals surface area contributed by atoms with E-state index in [1.807, 2.05) is 50.4 Å². The minimum absolute atomic E-state index is 0.500. The topological polar surface area (TPSA) is 17.8 Å². The standard InChI is InChI=1S/C10H10N2.C2H6.CH3Br.CH3F/c1-2-4-10(5-3-1)8-12-7-6-11-9-12;3*1-2/h1-7,9H,8H2;1-2H3;2*1H3. The molecular formula is C14H22BrFN2. The Labute approximate surface area is 118 Å². The van der Waals surface area contributed by atoms with Crippen molar-refractivity contribution >= 4 is 15.9 Å². The van der Waals surface area contributed by atoms with Crippen molar-refractivity contribution in [2.75, 3.05) is 13.0 Å². The fourth-order valence-electron chi connectivity index (χ4n) is 1.17. The van der Waals surface area contributed by atoms with Crippen LogP contribution >= 0.6 is 15.9 Å². The van der Waals surface area contributed by atoms with Crippen LogP contribution in [-0.4, -0.2) is 22.6 Å². The summed E-state index contributed by atoms with van der Waals surface area (Å²) >= 11 is 2.94. The van der Waals surface area contributed by atoms with Crippen LogP contribution in [0.4, 0.5) is 4.39 Å². The number of nitrogens with zero attached hydrogens (tertiary/aromatic N) is 2. The molecule has 1 aromatic carbocycles. The second kappa shape index (κ2) is 15.8. The minimum Gasteiger partial charge on any atom is -0.333 e. The summed E-state index contributed by atoms with van der Waals surface area (Å²) in [4.78, 5) is 3.98. The monoisotopic (exact) mass is 316 g/mol. The second-order valence-electron chi connectivity index (χ2n) is 2.72. The predicted molar refractivity (Wildman–Crippen MR) is 81.0 cm³/mol. The Hall–Kier alpha value is -1.16. The lowest BCUT2D eigenvalue weighted by Gasteiger charge is -2.00. The zero-order valence-corrected chi connectivity index (χ0v) is 13.1. The van der Waals surface area contributed by atoms with Crippen molar-refractivity contribution in [3.05, 3.63) is 54.6 Å². The lowest BCUT2D eigenvalue weighted by molar-refractivity contribution is 0.636. The quantitative estimate of drug-likeness (QED) is 0.743. The molecule has 2 aromatic rings. The molecule has 0 N–H and O–H groups in total. The van der Waals surface area contributed by atoms with E-state index in [4.69, 9.17) is 0 Å². The van der Waals surface area contributed by atoms with E-state index in [0.717, 1.165) is 6.54 Å². The molecule has 0 bridgehead atoms. The molecular weight excluding hydrogens is 295 g/mol. The minimum atomic E-state index is 0.500. The van der Waals surface area contributed by atoms with Crippen LogP contribution < -0.4 is 0 Å². The molecule has 2 nitrogen and oxygen atoms in total. The maximum absolute atomic E-state index is 9.50. The molecule has 1 aromatic heterocycles. The Kier molecular flexibility index (Phi) is 16.9. The van der Waals surface area contributed by atoms with Crippen molar-refractivity contribution in [1.29, 1.82) is 0 Å². The highest BCUT2D eigenvalue weighted by Gasteiger charge is 1.91. The van der Waals surface area contributed by atoms with E-state index in [1.54, 1.807) is 6.20 Å². The summed E-state index contributed by atoms with van der Waals surface area (Å²) in [5.74, 6) is 1.81. The van der Waals surface area contributed by atoms with Crippen molar-refractivity contribution in [1.82, 2.24) is 9.55 Å². The SMILES string of the molecule is CBr.CC.CF.c1ccc(Cn2ccnc2)cc1. The number of benzene rings is 1. The van der Waals surface area contributed by atoms with Gasteiger partial charge in [-0.25, -0.2) is 4.98 Å². The fourth-order valence-corrected chi connectivity index (χ4v) is 1.17. The Morgan fingerprint density at radius 3 is 2.11 bits per heavy atom. The van der Waals surface area contributed by atoms with Gasteiger partial charge in [-0.3, -0.25) is 4.39 Å². The maximum Gasteiger partial charge on any atom is 0.0949 e. The third-order valence-electron chi connectivity index (χ3n) is 1.77. The third kappa shape index (κ3) is 8.93. The molecule has 1 heterocycles. The summed E-state index contributed by atoms with van der Waals surface area (Å²) < 4.78 is 11.6. The molecule has 0 unspecified atom stereocenters. The molecule has 0 radical (unpaired) electrons. The molecule has 0 aliphatic rings. The average Bonchev–Trinajstić information content (AvgIpc) is 2.99. The van der Waals surface area contributed by atoms with Gasteiger partial charge in [-0.2, -0.15) is 0 Å². The molecule has 0 spiro atoms. The van der Waals surface area contributed by atoms with Crippen LogP contribution in [0.1, 0.15) is 19.4 Å². The van der Waals surface area contributed by atoms with Crippen LogP contribution in [0.3, 0.4) is 0 Å². The molecule has 4 heteroatoms. The molecule has 0 fully saturated rings. The normalized spacial score (nSPS) is 7.67. The Balaban J connectivity index is 0. The summed E-state index contributed by atoms with van der Waals surface area (Å²) in [6, 6.07) is 10.3. The van der Waals surface area contributed by atoms with Crippen molar-refractivity contribution in [2.24, 2.45) is 0 Å². The fraction of sp³-hybridized carbons (Fsp3) is 0.357. The van der Waals surface area contributed by atoms with Crippen LogP contribution in [0.5, 0.6) is 0 Å². The first-order valence-corrected chi connectivity index (χ1v) is 7.29. The Morgan fingerprint density at radius 2 is 1.67 bits per heavy atom. The molecule has 0 aliphatic carbocycles. The maximum atomic E-state index is 9.50. The molecule has 0 saturated carbocycles. The number of alkyl halides is 2. The molecule has 0 atom stereocenters. The lowest BCUT2D eigenvalue weighted by atomic mass is 10.2. The van der Waals surface area contributed by atoms with Crippen molar-refractivity contribution < 1.29 is 4.39 Å². The van der Waals surface area contributed by atoms with Gasteiger partial charge in [0.25, 0.3) is 0 Å². The molecule has 18 heavy (non-hydrogen) atoms. The van der Waals surface area contributed by atoms with Gasteiger partial charge in [-0.1, -0.05) is 60.1 Å². The summed E-state index contributed by atoms with van der Waals surface area (Å²) in [6.07, 6.45) is 5.59. The highest BCUT2D eigenvalue weighted by molar-refractivity contribution is 9.08. The third-order valence-corrected chi connectivity index (χ3v) is 1.77. The molecule has 2 rings (SSSR count). The van der Waals surface area contributed by atoms with Crippen LogP contribution in [0.2, 0.25) is 0 Å². The number of rotatable bonds is 2. The lowest BCUT2D eigenvalue weighted by Crippen LogP contribution is -1.95. The van der Waals surface area contributed by atoms with Crippen LogP contribution in [0, 0.1) is 0 Å². The van der Waals surface area contributed by atoms with E-state index < -0.39 is 0 Å². The largest absolute Gasteiger partial charge is 0.333 e. The van der Waals surface area contributed by atoms with E-state index in [-0.39, 0.29) is 0 Å². The predicted octanol–water partition coefficient (Wildman–Crippen LogP) is 4.55. The molecule has 0 amide bonds. The summed E-state index contributed by atoms with van der Waals surface area (Å²) in [7, 11) is 0.500. The summed E-state index contributed by atoms with van der Waals surface area (Å²) in [5, 5.41) is 0. The first kappa shape index (κ1) is 19.2.